The van der Waals surface area contributed by atoms with Gasteiger partial charge in [0, 0.05) is 24.4 Å². The lowest BCUT2D eigenvalue weighted by molar-refractivity contribution is -0.141. The summed E-state index contributed by atoms with van der Waals surface area (Å²) in [6.07, 6.45) is 6.77. The molecule has 47 heavy (non-hydrogen) atoms. The molecule has 1 aliphatic heterocycles. The zero-order valence-corrected chi connectivity index (χ0v) is 27.6. The van der Waals surface area contributed by atoms with Gasteiger partial charge in [-0.05, 0) is 81.2 Å². The molecule has 10 heteroatoms. The molecule has 1 aliphatic carbocycles. The van der Waals surface area contributed by atoms with Gasteiger partial charge in [0.2, 0.25) is 17.6 Å². The van der Waals surface area contributed by atoms with Crippen molar-refractivity contribution in [3.8, 4) is 0 Å². The summed E-state index contributed by atoms with van der Waals surface area (Å²) in [7, 11) is 0. The molecule has 10 nitrogen and oxygen atoms in total. The van der Waals surface area contributed by atoms with Crippen molar-refractivity contribution in [3.63, 3.8) is 0 Å². The fraction of sp³-hybridized carbons (Fsp3) is 0.486. The summed E-state index contributed by atoms with van der Waals surface area (Å²) >= 11 is 0. The molecule has 4 N–H and O–H groups in total. The summed E-state index contributed by atoms with van der Waals surface area (Å²) in [4.78, 5) is 67.0. The minimum Gasteiger partial charge on any atom is -0.451 e. The first-order chi connectivity index (χ1) is 22.6. The van der Waals surface area contributed by atoms with Gasteiger partial charge in [0.05, 0.1) is 6.04 Å². The van der Waals surface area contributed by atoms with Crippen LogP contribution >= 0.6 is 0 Å². The van der Waals surface area contributed by atoms with Crippen LogP contribution in [0.2, 0.25) is 0 Å². The van der Waals surface area contributed by atoms with E-state index in [1.807, 2.05) is 51.1 Å². The second-order valence-electron chi connectivity index (χ2n) is 13.3. The van der Waals surface area contributed by atoms with Gasteiger partial charge in [-0.1, -0.05) is 68.0 Å². The van der Waals surface area contributed by atoms with Crippen molar-refractivity contribution in [2.75, 3.05) is 6.54 Å². The Balaban J connectivity index is 1.34. The highest BCUT2D eigenvalue weighted by atomic mass is 16.3. The molecule has 1 saturated carbocycles. The van der Waals surface area contributed by atoms with Crippen molar-refractivity contribution < 1.29 is 28.4 Å². The second kappa shape index (κ2) is 15.4. The van der Waals surface area contributed by atoms with E-state index in [0.717, 1.165) is 66.2 Å². The third kappa shape index (κ3) is 8.67. The molecule has 0 radical (unpaired) electrons. The minimum absolute atomic E-state index is 0.0138. The molecule has 2 fully saturated rings. The number of fused-ring (bicyclic) bond motifs is 1. The zero-order chi connectivity index (χ0) is 33.5. The van der Waals surface area contributed by atoms with Gasteiger partial charge < -0.3 is 25.7 Å². The van der Waals surface area contributed by atoms with Gasteiger partial charge in [-0.3, -0.25) is 24.0 Å². The standard InChI is InChI=1S/C37H46N4O6/c1-22-16-23(2)28(24(3)17-22)21-39-37(46)33(42)29(19-27-13-9-15-38-34(27)43)40-35(44)30(18-25-10-5-4-6-11-25)41-36(45)32-20-26-12-7-8-14-31(26)47-32/h7-8,12,14,16-17,20,25,27,29-30H,4-6,9-11,13,15,18-19,21H2,1-3H3,(H,38,43)(H,39,46)(H,40,44)(H,41,45)/t27-,29-,30-/m0/s1. The third-order valence-electron chi connectivity index (χ3n) is 9.61. The molecule has 0 bridgehead atoms. The van der Waals surface area contributed by atoms with Gasteiger partial charge in [0.1, 0.15) is 11.6 Å². The Morgan fingerprint density at radius 3 is 2.30 bits per heavy atom. The van der Waals surface area contributed by atoms with Crippen LogP contribution in [0.1, 0.15) is 90.6 Å². The number of nitrogens with one attached hydrogen (secondary N) is 4. The molecule has 3 atom stereocenters. The van der Waals surface area contributed by atoms with Gasteiger partial charge >= 0.3 is 0 Å². The highest BCUT2D eigenvalue weighted by Crippen LogP contribution is 2.28. The molecule has 3 aromatic rings. The topological polar surface area (TPSA) is 147 Å². The number of benzene rings is 2. The van der Waals surface area contributed by atoms with Crippen molar-refractivity contribution in [2.24, 2.45) is 11.8 Å². The number of furan rings is 1. The van der Waals surface area contributed by atoms with Gasteiger partial charge in [-0.2, -0.15) is 0 Å². The number of piperidine rings is 1. The van der Waals surface area contributed by atoms with Crippen LogP contribution in [0.5, 0.6) is 0 Å². The lowest BCUT2D eigenvalue weighted by atomic mass is 9.84. The minimum atomic E-state index is -1.24. The van der Waals surface area contributed by atoms with Crippen LogP contribution in [0.3, 0.4) is 0 Å². The quantitative estimate of drug-likeness (QED) is 0.211. The number of Topliss-reactive ketones (excluding diaryl/α,β-unsaturated/α-hetero) is 1. The van der Waals surface area contributed by atoms with E-state index in [1.165, 1.54) is 0 Å². The summed E-state index contributed by atoms with van der Waals surface area (Å²) in [6, 6.07) is 10.7. The average molecular weight is 643 g/mol. The lowest BCUT2D eigenvalue weighted by Crippen LogP contribution is -2.55. The summed E-state index contributed by atoms with van der Waals surface area (Å²) in [5.41, 5.74) is 4.60. The number of para-hydroxylation sites is 1. The summed E-state index contributed by atoms with van der Waals surface area (Å²) in [5.74, 6) is -3.18. The normalized spacial score (nSPS) is 18.2. The molecule has 2 aliphatic rings. The maximum Gasteiger partial charge on any atom is 0.289 e. The van der Waals surface area contributed by atoms with E-state index in [9.17, 15) is 24.0 Å². The van der Waals surface area contributed by atoms with Crippen molar-refractivity contribution in [1.29, 1.82) is 0 Å². The molecule has 4 amide bonds. The summed E-state index contributed by atoms with van der Waals surface area (Å²) in [6.45, 7) is 6.62. The Morgan fingerprint density at radius 1 is 0.872 bits per heavy atom. The van der Waals surface area contributed by atoms with Gasteiger partial charge in [-0.15, -0.1) is 0 Å². The largest absolute Gasteiger partial charge is 0.451 e. The van der Waals surface area contributed by atoms with E-state index in [-0.39, 0.29) is 30.6 Å². The molecule has 0 spiro atoms. The first-order valence-corrected chi connectivity index (χ1v) is 16.9. The molecular weight excluding hydrogens is 596 g/mol. The third-order valence-corrected chi connectivity index (χ3v) is 9.61. The highest BCUT2D eigenvalue weighted by Gasteiger charge is 2.36. The molecule has 1 saturated heterocycles. The number of rotatable bonds is 12. The second-order valence-corrected chi connectivity index (χ2v) is 13.3. The SMILES string of the molecule is Cc1cc(C)c(CNC(=O)C(=O)[C@H](C[C@@H]2CCCNC2=O)NC(=O)[C@H](CC2CCCCC2)NC(=O)c2cc3ccccc3o2)c(C)c1. The lowest BCUT2D eigenvalue weighted by Gasteiger charge is -2.29. The number of ketones is 1. The summed E-state index contributed by atoms with van der Waals surface area (Å²) < 4.78 is 5.75. The molecule has 1 aromatic heterocycles. The Kier molecular flexibility index (Phi) is 11.1. The van der Waals surface area contributed by atoms with Gasteiger partial charge in [0.15, 0.2) is 5.76 Å². The first-order valence-electron chi connectivity index (χ1n) is 16.9. The Hall–Kier alpha value is -4.47. The smallest absolute Gasteiger partial charge is 0.289 e. The fourth-order valence-electron chi connectivity index (χ4n) is 7.06. The molecule has 5 rings (SSSR count). The highest BCUT2D eigenvalue weighted by molar-refractivity contribution is 6.38. The Bertz CT molecular complexity index is 1580. The molecule has 250 valence electrons. The molecule has 2 aromatic carbocycles. The predicted molar refractivity (Wildman–Crippen MR) is 178 cm³/mol. The maximum absolute atomic E-state index is 14.0. The van der Waals surface area contributed by atoms with Crippen molar-refractivity contribution in [1.82, 2.24) is 21.3 Å². The van der Waals surface area contributed by atoms with E-state index in [2.05, 4.69) is 21.3 Å². The van der Waals surface area contributed by atoms with Crippen LogP contribution in [0.4, 0.5) is 0 Å². The molecule has 0 unspecified atom stereocenters. The van der Waals surface area contributed by atoms with E-state index in [4.69, 9.17) is 4.42 Å². The number of carbonyl (C=O) groups excluding carboxylic acids is 5. The number of amides is 4. The number of hydrogen-bond donors (Lipinski definition) is 4. The van der Waals surface area contributed by atoms with Crippen molar-refractivity contribution in [3.05, 3.63) is 70.5 Å². The van der Waals surface area contributed by atoms with Crippen LogP contribution < -0.4 is 21.3 Å². The van der Waals surface area contributed by atoms with Crippen molar-refractivity contribution >= 4 is 40.4 Å². The average Bonchev–Trinajstić information content (AvgIpc) is 3.49. The molecular formula is C37H46N4O6. The van der Waals surface area contributed by atoms with E-state index in [1.54, 1.807) is 12.1 Å². The van der Waals surface area contributed by atoms with E-state index in [0.29, 0.717) is 25.0 Å². The van der Waals surface area contributed by atoms with Crippen LogP contribution in [0.25, 0.3) is 11.0 Å². The fourth-order valence-corrected chi connectivity index (χ4v) is 7.06. The first kappa shape index (κ1) is 33.9. The number of carbonyl (C=O) groups is 5. The maximum atomic E-state index is 14.0. The zero-order valence-electron chi connectivity index (χ0n) is 27.6. The van der Waals surface area contributed by atoms with Crippen LogP contribution in [-0.4, -0.2) is 48.0 Å². The van der Waals surface area contributed by atoms with Gasteiger partial charge in [0.25, 0.3) is 11.8 Å². The van der Waals surface area contributed by atoms with Crippen LogP contribution in [0.15, 0.2) is 46.9 Å². The monoisotopic (exact) mass is 642 g/mol. The van der Waals surface area contributed by atoms with Gasteiger partial charge in [-0.25, -0.2) is 0 Å². The summed E-state index contributed by atoms with van der Waals surface area (Å²) in [5, 5.41) is 12.0. The van der Waals surface area contributed by atoms with E-state index < -0.39 is 41.5 Å². The number of aryl methyl sites for hydroxylation is 3. The Labute approximate surface area is 275 Å². The van der Waals surface area contributed by atoms with Crippen LogP contribution in [-0.2, 0) is 25.7 Å². The number of hydrogen-bond acceptors (Lipinski definition) is 6. The molecule has 2 heterocycles. The van der Waals surface area contributed by atoms with Crippen molar-refractivity contribution in [2.45, 2.75) is 97.2 Å². The van der Waals surface area contributed by atoms with E-state index >= 15 is 0 Å². The van der Waals surface area contributed by atoms with Crippen LogP contribution in [0, 0.1) is 32.6 Å². The predicted octanol–water partition coefficient (Wildman–Crippen LogP) is 4.71. The Morgan fingerprint density at radius 2 is 1.60 bits per heavy atom.